The van der Waals surface area contributed by atoms with Crippen LogP contribution in [0.5, 0.6) is 0 Å². The Labute approximate surface area is 140 Å². The molecule has 0 spiro atoms. The minimum absolute atomic E-state index is 0.0695. The average Bonchev–Trinajstić information content (AvgIpc) is 3.07. The summed E-state index contributed by atoms with van der Waals surface area (Å²) in [6, 6.07) is 12.0. The number of carbonyl (C=O) groups is 1. The predicted octanol–water partition coefficient (Wildman–Crippen LogP) is 4.19. The summed E-state index contributed by atoms with van der Waals surface area (Å²) in [5, 5.41) is 2.96. The van der Waals surface area contributed by atoms with Crippen LogP contribution < -0.4 is 5.32 Å². The number of aromatic nitrogens is 2. The Morgan fingerprint density at radius 2 is 1.96 bits per heavy atom. The van der Waals surface area contributed by atoms with Crippen molar-refractivity contribution in [2.24, 2.45) is 0 Å². The van der Waals surface area contributed by atoms with E-state index in [1.807, 2.05) is 56.5 Å². The van der Waals surface area contributed by atoms with E-state index in [2.05, 4.69) is 21.4 Å². The van der Waals surface area contributed by atoms with E-state index >= 15 is 0 Å². The van der Waals surface area contributed by atoms with Crippen LogP contribution in [0.4, 0.5) is 5.69 Å². The summed E-state index contributed by atoms with van der Waals surface area (Å²) in [6.45, 7) is 4.05. The van der Waals surface area contributed by atoms with Gasteiger partial charge in [-0.25, -0.2) is 0 Å². The van der Waals surface area contributed by atoms with Gasteiger partial charge in [0, 0.05) is 40.6 Å². The number of carbonyl (C=O) groups excluding carboxylic acids is 1. The third-order valence-electron chi connectivity index (χ3n) is 4.28. The molecule has 1 aliphatic rings. The quantitative estimate of drug-likeness (QED) is 0.697. The summed E-state index contributed by atoms with van der Waals surface area (Å²) in [7, 11) is 0. The van der Waals surface area contributed by atoms with Crippen molar-refractivity contribution in [2.75, 3.05) is 5.32 Å². The number of fused-ring (bicyclic) bond motifs is 1. The summed E-state index contributed by atoms with van der Waals surface area (Å²) in [5.41, 5.74) is 7.72. The second-order valence-corrected chi connectivity index (χ2v) is 6.06. The first-order valence-electron chi connectivity index (χ1n) is 7.86. The van der Waals surface area contributed by atoms with Crippen molar-refractivity contribution in [3.8, 4) is 11.1 Å². The lowest BCUT2D eigenvalue weighted by Crippen LogP contribution is -2.03. The molecule has 1 aliphatic heterocycles. The predicted molar refractivity (Wildman–Crippen MR) is 96.4 cm³/mol. The highest BCUT2D eigenvalue weighted by atomic mass is 16.2. The number of H-pyrrole nitrogens is 1. The Morgan fingerprint density at radius 1 is 1.08 bits per heavy atom. The van der Waals surface area contributed by atoms with Crippen molar-refractivity contribution in [1.29, 1.82) is 0 Å². The maximum atomic E-state index is 12.4. The average molecular weight is 315 g/mol. The van der Waals surface area contributed by atoms with Crippen molar-refractivity contribution >= 4 is 23.2 Å². The number of anilines is 1. The zero-order valence-electron chi connectivity index (χ0n) is 13.6. The largest absolute Gasteiger partial charge is 0.359 e. The molecule has 4 rings (SSSR count). The monoisotopic (exact) mass is 315 g/mol. The van der Waals surface area contributed by atoms with E-state index in [0.29, 0.717) is 5.57 Å². The van der Waals surface area contributed by atoms with E-state index < -0.39 is 0 Å². The molecule has 0 atom stereocenters. The Kier molecular flexibility index (Phi) is 3.31. The molecule has 0 bridgehead atoms. The number of benzene rings is 1. The smallest absolute Gasteiger partial charge is 0.256 e. The molecular formula is C20H17N3O. The summed E-state index contributed by atoms with van der Waals surface area (Å²) in [5.74, 6) is -0.0695. The first-order valence-corrected chi connectivity index (χ1v) is 7.86. The van der Waals surface area contributed by atoms with E-state index in [-0.39, 0.29) is 5.91 Å². The number of hydrogen-bond donors (Lipinski definition) is 2. The van der Waals surface area contributed by atoms with Gasteiger partial charge in [-0.05, 0) is 49.2 Å². The van der Waals surface area contributed by atoms with Crippen LogP contribution >= 0.6 is 0 Å². The second-order valence-electron chi connectivity index (χ2n) is 6.06. The minimum atomic E-state index is -0.0695. The minimum Gasteiger partial charge on any atom is -0.359 e. The van der Waals surface area contributed by atoms with Crippen LogP contribution in [-0.2, 0) is 4.79 Å². The normalized spacial score (nSPS) is 14.8. The lowest BCUT2D eigenvalue weighted by atomic mass is 10.0. The van der Waals surface area contributed by atoms with E-state index in [4.69, 9.17) is 0 Å². The first kappa shape index (κ1) is 14.5. The molecule has 0 unspecified atom stereocenters. The first-order chi connectivity index (χ1) is 11.6. The van der Waals surface area contributed by atoms with E-state index in [1.54, 1.807) is 6.20 Å². The van der Waals surface area contributed by atoms with Crippen molar-refractivity contribution in [3.63, 3.8) is 0 Å². The molecule has 2 aromatic heterocycles. The molecule has 2 N–H and O–H groups in total. The lowest BCUT2D eigenvalue weighted by Gasteiger charge is -2.04. The Morgan fingerprint density at radius 3 is 2.67 bits per heavy atom. The molecule has 0 saturated carbocycles. The Balaban J connectivity index is 1.77. The molecule has 4 heteroatoms. The van der Waals surface area contributed by atoms with Gasteiger partial charge in [0.2, 0.25) is 0 Å². The topological polar surface area (TPSA) is 57.8 Å². The van der Waals surface area contributed by atoms with Crippen LogP contribution in [0.25, 0.3) is 22.8 Å². The molecule has 0 fully saturated rings. The summed E-state index contributed by atoms with van der Waals surface area (Å²) >= 11 is 0. The fraction of sp³-hybridized carbons (Fsp3) is 0.100. The van der Waals surface area contributed by atoms with Crippen molar-refractivity contribution in [1.82, 2.24) is 9.97 Å². The third-order valence-corrected chi connectivity index (χ3v) is 4.28. The number of rotatable bonds is 2. The van der Waals surface area contributed by atoms with Crippen molar-refractivity contribution in [2.45, 2.75) is 13.8 Å². The molecular weight excluding hydrogens is 298 g/mol. The Bertz CT molecular complexity index is 968. The van der Waals surface area contributed by atoms with Crippen LogP contribution in [0.1, 0.15) is 22.5 Å². The van der Waals surface area contributed by atoms with Crippen LogP contribution in [0, 0.1) is 13.8 Å². The van der Waals surface area contributed by atoms with Gasteiger partial charge in [0.1, 0.15) is 0 Å². The number of aryl methyl sites for hydroxylation is 2. The zero-order chi connectivity index (χ0) is 16.7. The standard InChI is InChI=1S/C20H17N3O/c1-12-8-13(2)22-18(12)10-17-16-6-5-14(9-19(16)23-20(17)24)15-4-3-7-21-11-15/h3-11,22H,1-2H3,(H,23,24). The summed E-state index contributed by atoms with van der Waals surface area (Å²) in [6.07, 6.45) is 5.49. The molecule has 0 saturated heterocycles. The number of nitrogens with zero attached hydrogens (tertiary/aromatic N) is 1. The lowest BCUT2D eigenvalue weighted by molar-refractivity contribution is -0.110. The fourth-order valence-corrected chi connectivity index (χ4v) is 3.09. The summed E-state index contributed by atoms with van der Waals surface area (Å²) in [4.78, 5) is 19.8. The number of nitrogens with one attached hydrogen (secondary N) is 2. The molecule has 1 aromatic carbocycles. The van der Waals surface area contributed by atoms with Gasteiger partial charge in [-0.15, -0.1) is 0 Å². The van der Waals surface area contributed by atoms with Gasteiger partial charge in [0.15, 0.2) is 0 Å². The zero-order valence-corrected chi connectivity index (χ0v) is 13.6. The molecule has 118 valence electrons. The number of hydrogen-bond acceptors (Lipinski definition) is 2. The molecule has 3 aromatic rings. The highest BCUT2D eigenvalue weighted by Crippen LogP contribution is 2.36. The maximum absolute atomic E-state index is 12.4. The number of aromatic amines is 1. The molecule has 3 heterocycles. The molecule has 0 aliphatic carbocycles. The maximum Gasteiger partial charge on any atom is 0.256 e. The van der Waals surface area contributed by atoms with Gasteiger partial charge in [-0.1, -0.05) is 18.2 Å². The fourth-order valence-electron chi connectivity index (χ4n) is 3.09. The van der Waals surface area contributed by atoms with E-state index in [9.17, 15) is 4.79 Å². The third kappa shape index (κ3) is 2.42. The van der Waals surface area contributed by atoms with Gasteiger partial charge in [-0.3, -0.25) is 9.78 Å². The highest BCUT2D eigenvalue weighted by Gasteiger charge is 2.24. The van der Waals surface area contributed by atoms with Crippen molar-refractivity contribution in [3.05, 3.63) is 71.3 Å². The van der Waals surface area contributed by atoms with Crippen molar-refractivity contribution < 1.29 is 4.79 Å². The van der Waals surface area contributed by atoms with Crippen LogP contribution in [-0.4, -0.2) is 15.9 Å². The van der Waals surface area contributed by atoms with E-state index in [0.717, 1.165) is 39.3 Å². The molecule has 4 nitrogen and oxygen atoms in total. The number of pyridine rings is 1. The second kappa shape index (κ2) is 5.49. The van der Waals surface area contributed by atoms with Gasteiger partial charge < -0.3 is 10.3 Å². The molecule has 0 radical (unpaired) electrons. The van der Waals surface area contributed by atoms with Gasteiger partial charge in [0.25, 0.3) is 5.91 Å². The molecule has 24 heavy (non-hydrogen) atoms. The van der Waals surface area contributed by atoms with Gasteiger partial charge in [-0.2, -0.15) is 0 Å². The Hall–Kier alpha value is -3.14. The van der Waals surface area contributed by atoms with Gasteiger partial charge in [0.05, 0.1) is 5.57 Å². The van der Waals surface area contributed by atoms with E-state index in [1.165, 1.54) is 0 Å². The van der Waals surface area contributed by atoms with Gasteiger partial charge >= 0.3 is 0 Å². The molecule has 1 amide bonds. The van der Waals surface area contributed by atoms with Crippen LogP contribution in [0.3, 0.4) is 0 Å². The SMILES string of the molecule is Cc1cc(C)c(C=C2C(=O)Nc3cc(-c4cccnc4)ccc32)[nH]1. The summed E-state index contributed by atoms with van der Waals surface area (Å²) < 4.78 is 0. The van der Waals surface area contributed by atoms with Crippen LogP contribution in [0.15, 0.2) is 48.8 Å². The van der Waals surface area contributed by atoms with Crippen LogP contribution in [0.2, 0.25) is 0 Å². The number of amides is 1. The highest BCUT2D eigenvalue weighted by molar-refractivity contribution is 6.35.